The Balaban J connectivity index is 0.00000289. The Morgan fingerprint density at radius 2 is 1.78 bits per heavy atom. The fraction of sp³-hybridized carbons (Fsp3) is 0.333. The first-order valence-electron chi connectivity index (χ1n) is 5.57. The standard InChI is InChI=1S/C12H16BF3N.K/c1-3-17(9-11(2)13(14,15)16)10-12-7-5-4-6-8-12;/h4-8H,2-3,9-10H2,1H3;/q-1;+1. The fourth-order valence-corrected chi connectivity index (χ4v) is 1.51. The predicted molar refractivity (Wildman–Crippen MR) is 65.6 cm³/mol. The summed E-state index contributed by atoms with van der Waals surface area (Å²) in [6.07, 6.45) is 0. The predicted octanol–water partition coefficient (Wildman–Crippen LogP) is 0.455. The molecule has 0 radical (unpaired) electrons. The third-order valence-electron chi connectivity index (χ3n) is 2.59. The Labute approximate surface area is 149 Å². The van der Waals surface area contributed by atoms with Crippen molar-refractivity contribution >= 4 is 6.98 Å². The van der Waals surface area contributed by atoms with E-state index in [0.717, 1.165) is 5.56 Å². The Morgan fingerprint density at radius 1 is 1.22 bits per heavy atom. The van der Waals surface area contributed by atoms with E-state index in [1.54, 1.807) is 4.90 Å². The quantitative estimate of drug-likeness (QED) is 0.685. The van der Waals surface area contributed by atoms with Crippen LogP contribution in [0.3, 0.4) is 0 Å². The van der Waals surface area contributed by atoms with E-state index in [4.69, 9.17) is 0 Å². The van der Waals surface area contributed by atoms with Crippen molar-refractivity contribution in [3.63, 3.8) is 0 Å². The molecule has 1 aromatic rings. The number of hydrogen-bond acceptors (Lipinski definition) is 1. The SMILES string of the molecule is C=C(CN(CC)Cc1ccccc1)[B-](F)(F)F.[K+]. The van der Waals surface area contributed by atoms with Crippen molar-refractivity contribution in [2.45, 2.75) is 13.5 Å². The molecule has 0 unspecified atom stereocenters. The summed E-state index contributed by atoms with van der Waals surface area (Å²) in [5, 5.41) is 0. The van der Waals surface area contributed by atoms with E-state index in [0.29, 0.717) is 13.1 Å². The molecule has 0 saturated heterocycles. The van der Waals surface area contributed by atoms with Gasteiger partial charge >= 0.3 is 58.4 Å². The molecular weight excluding hydrogens is 265 g/mol. The van der Waals surface area contributed by atoms with Crippen molar-refractivity contribution in [2.75, 3.05) is 13.1 Å². The summed E-state index contributed by atoms with van der Waals surface area (Å²) in [6, 6.07) is 9.46. The molecule has 0 heterocycles. The van der Waals surface area contributed by atoms with Gasteiger partial charge in [0.15, 0.2) is 0 Å². The van der Waals surface area contributed by atoms with E-state index in [1.165, 1.54) is 0 Å². The summed E-state index contributed by atoms with van der Waals surface area (Å²) < 4.78 is 37.3. The van der Waals surface area contributed by atoms with Crippen molar-refractivity contribution in [3.05, 3.63) is 47.9 Å². The molecule has 1 nitrogen and oxygen atoms in total. The molecule has 0 amide bonds. The molecule has 0 spiro atoms. The second-order valence-electron chi connectivity index (χ2n) is 4.02. The minimum absolute atomic E-state index is 0. The van der Waals surface area contributed by atoms with Gasteiger partial charge < -0.3 is 12.9 Å². The average molecular weight is 281 g/mol. The van der Waals surface area contributed by atoms with Crippen LogP contribution in [0.2, 0.25) is 0 Å². The molecule has 0 bridgehead atoms. The number of hydrogen-bond donors (Lipinski definition) is 0. The molecule has 0 saturated carbocycles. The molecule has 0 aliphatic heterocycles. The van der Waals surface area contributed by atoms with Gasteiger partial charge in [0.1, 0.15) is 0 Å². The van der Waals surface area contributed by atoms with Crippen molar-refractivity contribution < 1.29 is 64.3 Å². The second-order valence-corrected chi connectivity index (χ2v) is 4.02. The van der Waals surface area contributed by atoms with E-state index in [9.17, 15) is 12.9 Å². The summed E-state index contributed by atoms with van der Waals surface area (Å²) in [4.78, 5) is 1.73. The Morgan fingerprint density at radius 3 is 2.22 bits per heavy atom. The van der Waals surface area contributed by atoms with Crippen molar-refractivity contribution in [1.29, 1.82) is 0 Å². The minimum Gasteiger partial charge on any atom is -0.445 e. The number of likely N-dealkylation sites (N-methyl/N-ethyl adjacent to an activating group) is 1. The van der Waals surface area contributed by atoms with Crippen molar-refractivity contribution in [1.82, 2.24) is 4.90 Å². The van der Waals surface area contributed by atoms with Crippen LogP contribution in [0, 0.1) is 0 Å². The molecule has 0 aliphatic rings. The molecule has 0 aliphatic carbocycles. The normalized spacial score (nSPS) is 11.2. The number of nitrogens with zero attached hydrogens (tertiary/aromatic N) is 1. The monoisotopic (exact) mass is 281 g/mol. The molecule has 0 aromatic heterocycles. The van der Waals surface area contributed by atoms with E-state index >= 15 is 0 Å². The third-order valence-corrected chi connectivity index (χ3v) is 2.59. The summed E-state index contributed by atoms with van der Waals surface area (Å²) in [5.41, 5.74) is 0.375. The summed E-state index contributed by atoms with van der Waals surface area (Å²) >= 11 is 0. The Hall–Kier alpha value is 0.411. The van der Waals surface area contributed by atoms with Crippen molar-refractivity contribution in [3.8, 4) is 0 Å². The van der Waals surface area contributed by atoms with Gasteiger partial charge in [0.05, 0.1) is 0 Å². The molecule has 0 fully saturated rings. The zero-order valence-corrected chi connectivity index (χ0v) is 14.0. The zero-order valence-electron chi connectivity index (χ0n) is 10.9. The van der Waals surface area contributed by atoms with Gasteiger partial charge in [-0.3, -0.25) is 4.90 Å². The number of halogens is 3. The first kappa shape index (κ1) is 18.4. The molecule has 1 aromatic carbocycles. The Bertz CT molecular complexity index is 367. The van der Waals surface area contributed by atoms with Gasteiger partial charge in [0.25, 0.3) is 0 Å². The van der Waals surface area contributed by atoms with Crippen LogP contribution in [0.4, 0.5) is 12.9 Å². The molecule has 0 atom stereocenters. The number of benzene rings is 1. The third kappa shape index (κ3) is 6.54. The second kappa shape index (κ2) is 8.56. The zero-order chi connectivity index (χ0) is 12.9. The van der Waals surface area contributed by atoms with Gasteiger partial charge in [-0.2, -0.15) is 0 Å². The summed E-state index contributed by atoms with van der Waals surface area (Å²) in [5.74, 6) is 0. The van der Waals surface area contributed by atoms with Crippen LogP contribution in [0.25, 0.3) is 0 Å². The fourth-order valence-electron chi connectivity index (χ4n) is 1.51. The van der Waals surface area contributed by atoms with Crippen LogP contribution < -0.4 is 51.4 Å². The maximum atomic E-state index is 12.4. The molecular formula is C12H16BF3KN. The number of rotatable bonds is 6. The molecule has 6 heteroatoms. The van der Waals surface area contributed by atoms with Crippen LogP contribution in [-0.2, 0) is 6.54 Å². The first-order valence-corrected chi connectivity index (χ1v) is 5.57. The molecule has 94 valence electrons. The van der Waals surface area contributed by atoms with Crippen LogP contribution in [-0.4, -0.2) is 25.0 Å². The van der Waals surface area contributed by atoms with Crippen LogP contribution in [0.5, 0.6) is 0 Å². The molecule has 1 rings (SSSR count). The summed E-state index contributed by atoms with van der Waals surface area (Å²) in [7, 11) is 0. The minimum atomic E-state index is -4.93. The van der Waals surface area contributed by atoms with E-state index in [2.05, 4.69) is 6.58 Å². The first-order chi connectivity index (χ1) is 7.93. The smallest absolute Gasteiger partial charge is 0.445 e. The average Bonchev–Trinajstić information content (AvgIpc) is 2.28. The van der Waals surface area contributed by atoms with Gasteiger partial charge in [-0.1, -0.05) is 37.3 Å². The van der Waals surface area contributed by atoms with Gasteiger partial charge in [0, 0.05) is 6.54 Å². The maximum Gasteiger partial charge on any atom is 1.00 e. The van der Waals surface area contributed by atoms with Crippen LogP contribution >= 0.6 is 0 Å². The van der Waals surface area contributed by atoms with Crippen LogP contribution in [0.1, 0.15) is 12.5 Å². The Kier molecular flexibility index (Phi) is 8.75. The molecule has 0 N–H and O–H groups in total. The van der Waals surface area contributed by atoms with Crippen LogP contribution in [0.15, 0.2) is 42.4 Å². The van der Waals surface area contributed by atoms with E-state index in [-0.39, 0.29) is 57.9 Å². The van der Waals surface area contributed by atoms with Crippen molar-refractivity contribution in [2.24, 2.45) is 0 Å². The van der Waals surface area contributed by atoms with Gasteiger partial charge in [-0.15, -0.1) is 12.1 Å². The molecule has 18 heavy (non-hydrogen) atoms. The van der Waals surface area contributed by atoms with Gasteiger partial charge in [-0.25, -0.2) is 0 Å². The largest absolute Gasteiger partial charge is 1.00 e. The summed E-state index contributed by atoms with van der Waals surface area (Å²) in [6.45, 7) is 1.01. The van der Waals surface area contributed by atoms with Gasteiger partial charge in [-0.05, 0) is 18.7 Å². The maximum absolute atomic E-state index is 12.4. The topological polar surface area (TPSA) is 3.24 Å². The van der Waals surface area contributed by atoms with E-state index in [1.807, 2.05) is 37.3 Å². The van der Waals surface area contributed by atoms with E-state index < -0.39 is 12.4 Å². The van der Waals surface area contributed by atoms with Gasteiger partial charge in [0.2, 0.25) is 0 Å².